The highest BCUT2D eigenvalue weighted by Crippen LogP contribution is 2.19. The van der Waals surface area contributed by atoms with E-state index in [0.29, 0.717) is 25.6 Å². The molecule has 0 saturated carbocycles. The molecule has 3 N–H and O–H groups in total. The quantitative estimate of drug-likeness (QED) is 0.318. The summed E-state index contributed by atoms with van der Waals surface area (Å²) in [6.45, 7) is 1.85. The van der Waals surface area contributed by atoms with Gasteiger partial charge in [0.15, 0.2) is 5.96 Å². The Labute approximate surface area is 180 Å². The fraction of sp³-hybridized carbons (Fsp3) is 0.526. The number of aromatic nitrogens is 1. The number of H-pyrrole nitrogens is 1. The molecule has 3 rings (SSSR count). The van der Waals surface area contributed by atoms with Gasteiger partial charge in [-0.25, -0.2) is 13.2 Å². The molecule has 0 unspecified atom stereocenters. The lowest BCUT2D eigenvalue weighted by Gasteiger charge is -2.32. The maximum Gasteiger partial charge on any atom is 0.251 e. The Kier molecular flexibility index (Phi) is 8.87. The van der Waals surface area contributed by atoms with Crippen molar-refractivity contribution in [1.29, 1.82) is 0 Å². The molecule has 0 aliphatic carbocycles. The van der Waals surface area contributed by atoms with E-state index in [-0.39, 0.29) is 42.4 Å². The van der Waals surface area contributed by atoms with E-state index in [9.17, 15) is 13.2 Å². The summed E-state index contributed by atoms with van der Waals surface area (Å²) in [6, 6.07) is 4.95. The maximum absolute atomic E-state index is 13.5. The van der Waals surface area contributed by atoms with E-state index in [1.165, 1.54) is 6.07 Å². The molecule has 0 bridgehead atoms. The Bertz CT molecular complexity index is 772. The van der Waals surface area contributed by atoms with Crippen molar-refractivity contribution in [2.75, 3.05) is 33.2 Å². The zero-order valence-electron chi connectivity index (χ0n) is 15.9. The van der Waals surface area contributed by atoms with E-state index in [0.717, 1.165) is 35.7 Å². The van der Waals surface area contributed by atoms with Crippen LogP contribution in [-0.4, -0.2) is 61.5 Å². The van der Waals surface area contributed by atoms with E-state index >= 15 is 0 Å². The number of benzene rings is 1. The largest absolute Gasteiger partial charge is 0.361 e. The average molecular weight is 509 g/mol. The number of rotatable bonds is 6. The number of alkyl halides is 2. The predicted octanol–water partition coefficient (Wildman–Crippen LogP) is 3.36. The van der Waals surface area contributed by atoms with Crippen LogP contribution in [0.15, 0.2) is 29.4 Å². The first-order valence-electron chi connectivity index (χ1n) is 9.28. The molecule has 1 aromatic heterocycles. The first-order valence-corrected chi connectivity index (χ1v) is 9.28. The van der Waals surface area contributed by atoms with Gasteiger partial charge in [-0.15, -0.1) is 24.0 Å². The fourth-order valence-electron chi connectivity index (χ4n) is 3.52. The third-order valence-corrected chi connectivity index (χ3v) is 4.96. The van der Waals surface area contributed by atoms with Crippen molar-refractivity contribution in [2.24, 2.45) is 4.99 Å². The van der Waals surface area contributed by atoms with Crippen molar-refractivity contribution in [3.8, 4) is 0 Å². The zero-order chi connectivity index (χ0) is 19.2. The summed E-state index contributed by atoms with van der Waals surface area (Å²) >= 11 is 0. The highest BCUT2D eigenvalue weighted by atomic mass is 127. The topological polar surface area (TPSA) is 55.5 Å². The highest BCUT2D eigenvalue weighted by molar-refractivity contribution is 14.0. The van der Waals surface area contributed by atoms with Crippen LogP contribution in [0.3, 0.4) is 0 Å². The van der Waals surface area contributed by atoms with Gasteiger partial charge in [-0.05, 0) is 43.0 Å². The van der Waals surface area contributed by atoms with E-state index in [4.69, 9.17) is 0 Å². The molecule has 5 nitrogen and oxygen atoms in total. The number of nitrogens with zero attached hydrogens (tertiary/aromatic N) is 2. The molecule has 0 radical (unpaired) electrons. The second-order valence-corrected chi connectivity index (χ2v) is 6.86. The summed E-state index contributed by atoms with van der Waals surface area (Å²) in [6.07, 6.45) is 1.99. The Morgan fingerprint density at radius 2 is 2.07 bits per heavy atom. The third kappa shape index (κ3) is 6.26. The number of halogens is 4. The summed E-state index contributed by atoms with van der Waals surface area (Å²) in [7, 11) is 1.71. The first kappa shape index (κ1) is 22.8. The van der Waals surface area contributed by atoms with Gasteiger partial charge in [-0.2, -0.15) is 0 Å². The van der Waals surface area contributed by atoms with Gasteiger partial charge in [0, 0.05) is 49.8 Å². The van der Waals surface area contributed by atoms with Crippen molar-refractivity contribution in [3.63, 3.8) is 0 Å². The molecule has 1 aromatic carbocycles. The van der Waals surface area contributed by atoms with Crippen LogP contribution in [0.5, 0.6) is 0 Å². The van der Waals surface area contributed by atoms with Crippen LogP contribution in [0.25, 0.3) is 10.9 Å². The molecule has 156 valence electrons. The number of fused-ring (bicyclic) bond motifs is 1. The SMILES string of the molecule is CN=C(NCCc1c[nH]c2ccc(F)cc12)NC1CCN(CC(F)F)CC1.I. The Balaban J connectivity index is 0.00000280. The van der Waals surface area contributed by atoms with E-state index in [1.54, 1.807) is 24.1 Å². The summed E-state index contributed by atoms with van der Waals surface area (Å²) in [5.41, 5.74) is 1.97. The summed E-state index contributed by atoms with van der Waals surface area (Å²) in [4.78, 5) is 9.19. The molecule has 1 saturated heterocycles. The number of nitrogens with one attached hydrogen (secondary N) is 3. The number of hydrogen-bond donors (Lipinski definition) is 3. The van der Waals surface area contributed by atoms with Crippen LogP contribution in [0, 0.1) is 5.82 Å². The van der Waals surface area contributed by atoms with Crippen LogP contribution in [0.2, 0.25) is 0 Å². The number of aliphatic imine (C=N–C) groups is 1. The van der Waals surface area contributed by atoms with Crippen LogP contribution in [0.4, 0.5) is 13.2 Å². The van der Waals surface area contributed by atoms with Gasteiger partial charge >= 0.3 is 0 Å². The lowest BCUT2D eigenvalue weighted by molar-refractivity contribution is 0.0744. The molecule has 2 heterocycles. The normalized spacial score (nSPS) is 16.4. The van der Waals surface area contributed by atoms with Gasteiger partial charge in [0.25, 0.3) is 6.43 Å². The third-order valence-electron chi connectivity index (χ3n) is 4.96. The van der Waals surface area contributed by atoms with Gasteiger partial charge < -0.3 is 15.6 Å². The lowest BCUT2D eigenvalue weighted by Crippen LogP contribution is -2.49. The van der Waals surface area contributed by atoms with Crippen molar-refractivity contribution in [2.45, 2.75) is 31.7 Å². The average Bonchev–Trinajstić information content (AvgIpc) is 3.04. The van der Waals surface area contributed by atoms with E-state index < -0.39 is 6.43 Å². The van der Waals surface area contributed by atoms with Crippen molar-refractivity contribution in [3.05, 3.63) is 35.8 Å². The molecule has 9 heteroatoms. The van der Waals surface area contributed by atoms with Crippen molar-refractivity contribution < 1.29 is 13.2 Å². The molecule has 1 aliphatic heterocycles. The zero-order valence-corrected chi connectivity index (χ0v) is 18.2. The number of hydrogen-bond acceptors (Lipinski definition) is 2. The fourth-order valence-corrected chi connectivity index (χ4v) is 3.52. The second kappa shape index (κ2) is 10.9. The van der Waals surface area contributed by atoms with Gasteiger partial charge in [0.05, 0.1) is 6.54 Å². The molecular weight excluding hydrogens is 482 g/mol. The van der Waals surface area contributed by atoms with Crippen LogP contribution in [-0.2, 0) is 6.42 Å². The minimum absolute atomic E-state index is 0. The minimum atomic E-state index is -2.28. The monoisotopic (exact) mass is 509 g/mol. The summed E-state index contributed by atoms with van der Waals surface area (Å²) in [5, 5.41) is 7.53. The Morgan fingerprint density at radius 3 is 2.75 bits per heavy atom. The Morgan fingerprint density at radius 1 is 1.32 bits per heavy atom. The lowest BCUT2D eigenvalue weighted by atomic mass is 10.1. The number of likely N-dealkylation sites (tertiary alicyclic amines) is 1. The Hall–Kier alpha value is -1.49. The van der Waals surface area contributed by atoms with Gasteiger partial charge in [0.1, 0.15) is 5.82 Å². The van der Waals surface area contributed by atoms with E-state index in [2.05, 4.69) is 20.6 Å². The first-order chi connectivity index (χ1) is 13.0. The summed E-state index contributed by atoms with van der Waals surface area (Å²) < 4.78 is 38.3. The van der Waals surface area contributed by atoms with Crippen LogP contribution in [0.1, 0.15) is 18.4 Å². The van der Waals surface area contributed by atoms with Gasteiger partial charge in [0.2, 0.25) is 0 Å². The van der Waals surface area contributed by atoms with Gasteiger partial charge in [-0.3, -0.25) is 9.89 Å². The molecule has 2 aromatic rings. The molecule has 28 heavy (non-hydrogen) atoms. The number of guanidine groups is 1. The van der Waals surface area contributed by atoms with Crippen molar-refractivity contribution >= 4 is 40.8 Å². The predicted molar refractivity (Wildman–Crippen MR) is 117 cm³/mol. The minimum Gasteiger partial charge on any atom is -0.361 e. The number of aromatic amines is 1. The standard InChI is InChI=1S/C19H26F3N5.HI/c1-23-19(26-15-5-8-27(9-6-15)12-18(21)22)24-7-4-13-11-25-17-3-2-14(20)10-16(13)17;/h2-3,10-11,15,18,25H,4-9,12H2,1H3,(H2,23,24,26);1H. The molecule has 1 aliphatic rings. The second-order valence-electron chi connectivity index (χ2n) is 6.86. The summed E-state index contributed by atoms with van der Waals surface area (Å²) in [5.74, 6) is 0.459. The number of piperidine rings is 1. The highest BCUT2D eigenvalue weighted by Gasteiger charge is 2.21. The smallest absolute Gasteiger partial charge is 0.251 e. The molecule has 1 fully saturated rings. The van der Waals surface area contributed by atoms with Crippen molar-refractivity contribution in [1.82, 2.24) is 20.5 Å². The van der Waals surface area contributed by atoms with E-state index in [1.807, 2.05) is 6.20 Å². The van der Waals surface area contributed by atoms with Crippen LogP contribution >= 0.6 is 24.0 Å². The molecular formula is C19H27F3IN5. The van der Waals surface area contributed by atoms with Gasteiger partial charge in [-0.1, -0.05) is 0 Å². The molecule has 0 spiro atoms. The molecule has 0 amide bonds. The maximum atomic E-state index is 13.5. The molecule has 0 atom stereocenters. The van der Waals surface area contributed by atoms with Crippen LogP contribution < -0.4 is 10.6 Å².